The molecule has 2 aliphatic heterocycles. The predicted molar refractivity (Wildman–Crippen MR) is 117 cm³/mol. The topological polar surface area (TPSA) is 35.5 Å². The van der Waals surface area contributed by atoms with Gasteiger partial charge in [0.1, 0.15) is 5.82 Å². The van der Waals surface area contributed by atoms with Gasteiger partial charge in [0.2, 0.25) is 5.95 Å². The summed E-state index contributed by atoms with van der Waals surface area (Å²) in [5, 5.41) is 0. The van der Waals surface area contributed by atoms with Gasteiger partial charge in [-0.2, -0.15) is 4.98 Å². The van der Waals surface area contributed by atoms with Crippen molar-refractivity contribution in [3.63, 3.8) is 0 Å². The molecule has 5 nitrogen and oxygen atoms in total. The maximum absolute atomic E-state index is 4.90. The summed E-state index contributed by atoms with van der Waals surface area (Å²) in [6.07, 6.45) is 11.6. The smallest absolute Gasteiger partial charge is 0.227 e. The second-order valence-corrected chi connectivity index (χ2v) is 7.72. The van der Waals surface area contributed by atoms with Gasteiger partial charge in [-0.05, 0) is 24.5 Å². The van der Waals surface area contributed by atoms with Gasteiger partial charge in [0.15, 0.2) is 0 Å². The highest BCUT2D eigenvalue weighted by atomic mass is 15.3. The van der Waals surface area contributed by atoms with E-state index in [4.69, 9.17) is 4.98 Å². The molecule has 0 unspecified atom stereocenters. The molecule has 2 saturated heterocycles. The van der Waals surface area contributed by atoms with E-state index < -0.39 is 0 Å². The van der Waals surface area contributed by atoms with Crippen molar-refractivity contribution in [3.05, 3.63) is 54.2 Å². The Balaban J connectivity index is 1.30. The van der Waals surface area contributed by atoms with E-state index in [-0.39, 0.29) is 0 Å². The molecule has 0 amide bonds. The zero-order chi connectivity index (χ0) is 19.0. The van der Waals surface area contributed by atoms with Gasteiger partial charge in [0.25, 0.3) is 0 Å². The summed E-state index contributed by atoms with van der Waals surface area (Å²) in [5.41, 5.74) is 1.26. The molecule has 1 aromatic carbocycles. The molecule has 2 aromatic rings. The molecule has 5 heteroatoms. The second kappa shape index (κ2) is 9.69. The Morgan fingerprint density at radius 3 is 2.29 bits per heavy atom. The second-order valence-electron chi connectivity index (χ2n) is 7.72. The van der Waals surface area contributed by atoms with Gasteiger partial charge >= 0.3 is 0 Å². The van der Waals surface area contributed by atoms with Crippen LogP contribution in [-0.4, -0.2) is 60.7 Å². The van der Waals surface area contributed by atoms with Crippen LogP contribution in [0.4, 0.5) is 11.8 Å². The number of hydrogen-bond donors (Lipinski definition) is 0. The summed E-state index contributed by atoms with van der Waals surface area (Å²) in [7, 11) is 0. The predicted octanol–water partition coefficient (Wildman–Crippen LogP) is 3.69. The summed E-state index contributed by atoms with van der Waals surface area (Å²) < 4.78 is 0. The summed E-state index contributed by atoms with van der Waals surface area (Å²) in [4.78, 5) is 16.7. The number of piperazine rings is 1. The molecular formula is C23H31N5. The number of rotatable bonds is 5. The number of anilines is 2. The SMILES string of the molecule is C(=C\c1ccccc1)/CN1CCN(c2nccc(N3CCCCCC3)n2)CC1. The zero-order valence-corrected chi connectivity index (χ0v) is 16.7. The Morgan fingerprint density at radius 2 is 1.54 bits per heavy atom. The molecule has 148 valence electrons. The van der Waals surface area contributed by atoms with E-state index in [1.807, 2.05) is 6.20 Å². The van der Waals surface area contributed by atoms with E-state index >= 15 is 0 Å². The number of aromatic nitrogens is 2. The summed E-state index contributed by atoms with van der Waals surface area (Å²) >= 11 is 0. The van der Waals surface area contributed by atoms with E-state index in [9.17, 15) is 0 Å². The Hall–Kier alpha value is -2.40. The van der Waals surface area contributed by atoms with Gasteiger partial charge < -0.3 is 9.80 Å². The normalized spacial score (nSPS) is 19.1. The molecular weight excluding hydrogens is 346 g/mol. The van der Waals surface area contributed by atoms with Crippen LogP contribution in [0, 0.1) is 0 Å². The fraction of sp³-hybridized carbons (Fsp3) is 0.478. The van der Waals surface area contributed by atoms with Crippen molar-refractivity contribution in [2.24, 2.45) is 0 Å². The van der Waals surface area contributed by atoms with Crippen molar-refractivity contribution in [2.45, 2.75) is 25.7 Å². The molecule has 0 radical (unpaired) electrons. The fourth-order valence-electron chi connectivity index (χ4n) is 4.00. The third-order valence-corrected chi connectivity index (χ3v) is 5.69. The highest BCUT2D eigenvalue weighted by Crippen LogP contribution is 2.20. The average Bonchev–Trinajstić information content (AvgIpc) is 3.05. The van der Waals surface area contributed by atoms with Gasteiger partial charge in [0, 0.05) is 52.0 Å². The minimum Gasteiger partial charge on any atom is -0.356 e. The van der Waals surface area contributed by atoms with E-state index in [0.717, 1.165) is 57.6 Å². The summed E-state index contributed by atoms with van der Waals surface area (Å²) in [5.74, 6) is 1.99. The van der Waals surface area contributed by atoms with Crippen molar-refractivity contribution >= 4 is 17.8 Å². The molecule has 0 N–H and O–H groups in total. The maximum atomic E-state index is 4.90. The van der Waals surface area contributed by atoms with Gasteiger partial charge in [-0.25, -0.2) is 4.98 Å². The standard InChI is InChI=1S/C23H31N5/c1-2-7-16-27(15-6-1)22-12-13-24-23(25-22)28-19-17-26(18-20-28)14-8-11-21-9-4-3-5-10-21/h3-5,8-13H,1-2,6-7,14-20H2/b11-8+. The first kappa shape index (κ1) is 18.9. The van der Waals surface area contributed by atoms with Crippen LogP contribution in [0.25, 0.3) is 6.08 Å². The first-order chi connectivity index (χ1) is 13.9. The number of nitrogens with zero attached hydrogens (tertiary/aromatic N) is 5. The molecule has 0 aliphatic carbocycles. The molecule has 0 bridgehead atoms. The van der Waals surface area contributed by atoms with Crippen LogP contribution in [0.3, 0.4) is 0 Å². The fourth-order valence-corrected chi connectivity index (χ4v) is 4.00. The van der Waals surface area contributed by atoms with Crippen LogP contribution >= 0.6 is 0 Å². The Labute approximate surface area is 168 Å². The molecule has 0 atom stereocenters. The lowest BCUT2D eigenvalue weighted by atomic mass is 10.2. The van der Waals surface area contributed by atoms with Crippen molar-refractivity contribution in [3.8, 4) is 0 Å². The van der Waals surface area contributed by atoms with Crippen LogP contribution in [0.5, 0.6) is 0 Å². The zero-order valence-electron chi connectivity index (χ0n) is 16.7. The van der Waals surface area contributed by atoms with Crippen LogP contribution in [0.2, 0.25) is 0 Å². The Bertz CT molecular complexity index is 745. The minimum absolute atomic E-state index is 0.890. The van der Waals surface area contributed by atoms with Crippen LogP contribution in [-0.2, 0) is 0 Å². The number of hydrogen-bond acceptors (Lipinski definition) is 5. The van der Waals surface area contributed by atoms with Crippen LogP contribution in [0.15, 0.2) is 48.7 Å². The molecule has 1 aromatic heterocycles. The van der Waals surface area contributed by atoms with E-state index in [2.05, 4.69) is 68.2 Å². The van der Waals surface area contributed by atoms with Crippen molar-refractivity contribution < 1.29 is 0 Å². The maximum Gasteiger partial charge on any atom is 0.227 e. The number of benzene rings is 1. The van der Waals surface area contributed by atoms with Crippen molar-refractivity contribution in [1.29, 1.82) is 0 Å². The molecule has 4 rings (SSSR count). The molecule has 0 saturated carbocycles. The van der Waals surface area contributed by atoms with E-state index in [0.29, 0.717) is 0 Å². The van der Waals surface area contributed by atoms with Crippen molar-refractivity contribution in [1.82, 2.24) is 14.9 Å². The van der Waals surface area contributed by atoms with E-state index in [1.54, 1.807) is 0 Å². The van der Waals surface area contributed by atoms with Gasteiger partial charge in [0.05, 0.1) is 0 Å². The molecule has 28 heavy (non-hydrogen) atoms. The summed E-state index contributed by atoms with van der Waals surface area (Å²) in [6.45, 7) is 7.32. The van der Waals surface area contributed by atoms with E-state index in [1.165, 1.54) is 31.2 Å². The molecule has 3 heterocycles. The highest BCUT2D eigenvalue weighted by molar-refractivity contribution is 5.49. The lowest BCUT2D eigenvalue weighted by Gasteiger charge is -2.34. The lowest BCUT2D eigenvalue weighted by molar-refractivity contribution is 0.283. The average molecular weight is 378 g/mol. The lowest BCUT2D eigenvalue weighted by Crippen LogP contribution is -2.47. The molecule has 0 spiro atoms. The molecule has 2 aliphatic rings. The van der Waals surface area contributed by atoms with Gasteiger partial charge in [-0.3, -0.25) is 4.90 Å². The van der Waals surface area contributed by atoms with Gasteiger partial charge in [-0.15, -0.1) is 0 Å². The monoisotopic (exact) mass is 377 g/mol. The van der Waals surface area contributed by atoms with Crippen LogP contribution in [0.1, 0.15) is 31.2 Å². The van der Waals surface area contributed by atoms with Crippen LogP contribution < -0.4 is 9.80 Å². The van der Waals surface area contributed by atoms with Gasteiger partial charge in [-0.1, -0.05) is 55.3 Å². The Morgan fingerprint density at radius 1 is 0.786 bits per heavy atom. The molecule has 2 fully saturated rings. The third kappa shape index (κ3) is 5.10. The quantitative estimate of drug-likeness (QED) is 0.794. The first-order valence-electron chi connectivity index (χ1n) is 10.7. The third-order valence-electron chi connectivity index (χ3n) is 5.69. The summed E-state index contributed by atoms with van der Waals surface area (Å²) in [6, 6.07) is 12.6. The largest absolute Gasteiger partial charge is 0.356 e. The first-order valence-corrected chi connectivity index (χ1v) is 10.7. The highest BCUT2D eigenvalue weighted by Gasteiger charge is 2.19. The van der Waals surface area contributed by atoms with Crippen molar-refractivity contribution in [2.75, 3.05) is 55.6 Å². The minimum atomic E-state index is 0.890. The Kier molecular flexibility index (Phi) is 6.56.